The Morgan fingerprint density at radius 2 is 1.58 bits per heavy atom. The van der Waals surface area contributed by atoms with Gasteiger partial charge >= 0.3 is 11.2 Å². The number of carbonyl (C=O) groups excluding carboxylic acids is 2. The molecule has 0 bridgehead atoms. The summed E-state index contributed by atoms with van der Waals surface area (Å²) >= 11 is 13.8. The van der Waals surface area contributed by atoms with Crippen LogP contribution in [0.25, 0.3) is 0 Å². The molecular formula is C3H6Cl3N2O3P. The quantitative estimate of drug-likeness (QED) is 0.649. The van der Waals surface area contributed by atoms with Gasteiger partial charge in [0.1, 0.15) is 0 Å². The number of rotatable bonds is 0. The lowest BCUT2D eigenvalue weighted by molar-refractivity contribution is -0.117. The Bertz CT molecular complexity index is 195. The van der Waals surface area contributed by atoms with Crippen molar-refractivity contribution >= 4 is 50.9 Å². The van der Waals surface area contributed by atoms with Crippen molar-refractivity contribution in [1.29, 1.82) is 0 Å². The van der Waals surface area contributed by atoms with Crippen molar-refractivity contribution in [1.82, 2.24) is 5.32 Å². The molecule has 0 radical (unpaired) electrons. The predicted molar refractivity (Wildman–Crippen MR) is 48.6 cm³/mol. The molecule has 0 fully saturated rings. The van der Waals surface area contributed by atoms with Crippen LogP contribution in [0.3, 0.4) is 0 Å². The summed E-state index contributed by atoms with van der Waals surface area (Å²) < 4.78 is 9.51. The summed E-state index contributed by atoms with van der Waals surface area (Å²) in [6.07, 6.45) is 0. The molecule has 0 rings (SSSR count). The maximum atomic E-state index is 9.84. The topological polar surface area (TPSA) is 89.3 Å². The van der Waals surface area contributed by atoms with Gasteiger partial charge < -0.3 is 5.73 Å². The van der Waals surface area contributed by atoms with E-state index in [2.05, 4.69) is 39.5 Å². The Balaban J connectivity index is 0. The average molecular weight is 255 g/mol. The highest BCUT2D eigenvalue weighted by Gasteiger charge is 2.02. The van der Waals surface area contributed by atoms with Crippen LogP contribution < -0.4 is 11.1 Å². The first-order valence-electron chi connectivity index (χ1n) is 2.39. The van der Waals surface area contributed by atoms with Gasteiger partial charge in [-0.25, -0.2) is 4.79 Å². The molecule has 0 aliphatic heterocycles. The normalized spacial score (nSPS) is 9.33. The van der Waals surface area contributed by atoms with E-state index in [0.717, 1.165) is 0 Å². The zero-order chi connectivity index (χ0) is 10.4. The van der Waals surface area contributed by atoms with E-state index < -0.39 is 17.1 Å². The molecule has 0 saturated heterocycles. The molecule has 3 N–H and O–H groups in total. The van der Waals surface area contributed by atoms with Crippen molar-refractivity contribution < 1.29 is 14.2 Å². The lowest BCUT2D eigenvalue weighted by Crippen LogP contribution is -2.32. The van der Waals surface area contributed by atoms with Crippen LogP contribution in [-0.2, 0) is 9.36 Å². The van der Waals surface area contributed by atoms with Crippen molar-refractivity contribution in [2.45, 2.75) is 6.92 Å². The molecule has 12 heavy (non-hydrogen) atoms. The summed E-state index contributed by atoms with van der Waals surface area (Å²) in [7, 11) is 0. The number of hydrogen-bond acceptors (Lipinski definition) is 3. The van der Waals surface area contributed by atoms with Gasteiger partial charge in [-0.05, 0) is 33.7 Å². The first-order valence-corrected chi connectivity index (χ1v) is 6.81. The SMILES string of the molecule is CC(=O)NC(N)=O.O=P(Cl)(Cl)Cl. The lowest BCUT2D eigenvalue weighted by Gasteiger charge is -1.88. The van der Waals surface area contributed by atoms with Crippen LogP contribution in [0.4, 0.5) is 4.79 Å². The molecule has 0 atom stereocenters. The van der Waals surface area contributed by atoms with Crippen LogP contribution in [0.1, 0.15) is 6.92 Å². The molecule has 0 aromatic rings. The smallest absolute Gasteiger partial charge is 0.339 e. The maximum Gasteiger partial charge on any atom is 0.339 e. The van der Waals surface area contributed by atoms with Gasteiger partial charge in [0.15, 0.2) is 0 Å². The zero-order valence-electron chi connectivity index (χ0n) is 5.88. The molecular weight excluding hydrogens is 249 g/mol. The van der Waals surface area contributed by atoms with E-state index >= 15 is 0 Å². The Morgan fingerprint density at radius 3 is 1.58 bits per heavy atom. The molecule has 0 aliphatic carbocycles. The Labute approximate surface area is 83.3 Å². The van der Waals surface area contributed by atoms with E-state index in [-0.39, 0.29) is 0 Å². The van der Waals surface area contributed by atoms with Crippen LogP contribution in [0.5, 0.6) is 0 Å². The third-order valence-electron chi connectivity index (χ3n) is 0.299. The van der Waals surface area contributed by atoms with E-state index in [1.54, 1.807) is 5.32 Å². The maximum absolute atomic E-state index is 9.84. The van der Waals surface area contributed by atoms with Gasteiger partial charge in [-0.3, -0.25) is 14.7 Å². The highest BCUT2D eigenvalue weighted by molar-refractivity contribution is 8.24. The molecule has 5 nitrogen and oxygen atoms in total. The van der Waals surface area contributed by atoms with Gasteiger partial charge in [0.2, 0.25) is 5.91 Å². The number of imide groups is 1. The molecule has 9 heteroatoms. The van der Waals surface area contributed by atoms with Crippen LogP contribution in [0, 0.1) is 0 Å². The zero-order valence-corrected chi connectivity index (χ0v) is 9.05. The van der Waals surface area contributed by atoms with Crippen LogP contribution >= 0.6 is 38.9 Å². The Kier molecular flexibility index (Phi) is 7.94. The second kappa shape index (κ2) is 6.54. The fraction of sp³-hybridized carbons (Fsp3) is 0.333. The Hall–Kier alpha value is 0.0400. The summed E-state index contributed by atoms with van der Waals surface area (Å²) in [5, 5.41) is -1.42. The molecule has 0 aromatic carbocycles. The number of halogens is 3. The molecule has 0 aliphatic rings. The standard InChI is InChI=1S/C3H6N2O2.Cl3OP/c1-2(6)5-3(4)7;1-5(2,3)4/h1H3,(H3,4,5,6,7);. The highest BCUT2D eigenvalue weighted by Crippen LogP contribution is 2.61. The minimum Gasteiger partial charge on any atom is -0.351 e. The first kappa shape index (κ1) is 14.6. The molecule has 72 valence electrons. The Morgan fingerprint density at radius 1 is 1.33 bits per heavy atom. The minimum absolute atomic E-state index is 0.437. The number of nitrogens with two attached hydrogens (primary N) is 1. The van der Waals surface area contributed by atoms with Crippen LogP contribution in [0.2, 0.25) is 0 Å². The van der Waals surface area contributed by atoms with E-state index in [1.807, 2.05) is 0 Å². The number of primary amides is 1. The number of amides is 3. The van der Waals surface area contributed by atoms with Gasteiger partial charge in [0, 0.05) is 6.92 Å². The fourth-order valence-electron chi connectivity index (χ4n) is 0.173. The van der Waals surface area contributed by atoms with Crippen LogP contribution in [0.15, 0.2) is 0 Å². The van der Waals surface area contributed by atoms with Gasteiger partial charge in [-0.1, -0.05) is 0 Å². The third-order valence-corrected chi connectivity index (χ3v) is 0.299. The number of hydrogen-bond donors (Lipinski definition) is 2. The van der Waals surface area contributed by atoms with Crippen molar-refractivity contribution in [3.05, 3.63) is 0 Å². The highest BCUT2D eigenvalue weighted by atomic mass is 36.0. The fourth-order valence-corrected chi connectivity index (χ4v) is 0.173. The van der Waals surface area contributed by atoms with Crippen molar-refractivity contribution in [3.8, 4) is 0 Å². The molecule has 0 aromatic heterocycles. The number of nitrogens with one attached hydrogen (secondary N) is 1. The molecule has 0 heterocycles. The predicted octanol–water partition coefficient (Wildman–Crippen LogP) is 2.01. The largest absolute Gasteiger partial charge is 0.351 e. The lowest BCUT2D eigenvalue weighted by atomic mass is 10.7. The van der Waals surface area contributed by atoms with Gasteiger partial charge in [-0.15, -0.1) is 0 Å². The third kappa shape index (κ3) is 50.3. The molecule has 3 amide bonds. The van der Waals surface area contributed by atoms with E-state index in [1.165, 1.54) is 6.92 Å². The monoisotopic (exact) mass is 254 g/mol. The summed E-state index contributed by atoms with van der Waals surface area (Å²) in [4.78, 5) is 19.5. The van der Waals surface area contributed by atoms with E-state index in [0.29, 0.717) is 0 Å². The van der Waals surface area contributed by atoms with Gasteiger partial charge in [0.05, 0.1) is 0 Å². The van der Waals surface area contributed by atoms with E-state index in [9.17, 15) is 14.2 Å². The summed E-state index contributed by atoms with van der Waals surface area (Å²) in [6.45, 7) is 1.21. The van der Waals surface area contributed by atoms with Crippen LogP contribution in [-0.4, -0.2) is 11.9 Å². The van der Waals surface area contributed by atoms with Gasteiger partial charge in [-0.2, -0.15) is 0 Å². The van der Waals surface area contributed by atoms with E-state index in [4.69, 9.17) is 0 Å². The summed E-state index contributed by atoms with van der Waals surface area (Å²) in [5.74, 6) is -0.437. The number of carbonyl (C=O) groups is 2. The number of urea groups is 1. The summed E-state index contributed by atoms with van der Waals surface area (Å²) in [5.41, 5.74) is 4.52. The first-order chi connectivity index (χ1) is 5.13. The minimum atomic E-state index is -3.22. The molecule has 0 spiro atoms. The average Bonchev–Trinajstić information content (AvgIpc) is 1.52. The van der Waals surface area contributed by atoms with Gasteiger partial charge in [0.25, 0.3) is 0 Å². The second-order valence-corrected chi connectivity index (χ2v) is 8.08. The molecule has 0 saturated carbocycles. The summed E-state index contributed by atoms with van der Waals surface area (Å²) in [6, 6.07) is -0.812. The van der Waals surface area contributed by atoms with Crippen molar-refractivity contribution in [3.63, 3.8) is 0 Å². The van der Waals surface area contributed by atoms with Crippen molar-refractivity contribution in [2.75, 3.05) is 0 Å². The molecule has 0 unspecified atom stereocenters. The van der Waals surface area contributed by atoms with Crippen molar-refractivity contribution in [2.24, 2.45) is 5.73 Å². The second-order valence-electron chi connectivity index (χ2n) is 1.44.